The van der Waals surface area contributed by atoms with E-state index in [0.29, 0.717) is 0 Å². The molecule has 0 unspecified atom stereocenters. The van der Waals surface area contributed by atoms with E-state index in [1.54, 1.807) is 0 Å². The summed E-state index contributed by atoms with van der Waals surface area (Å²) in [6, 6.07) is 0. The second-order valence-electron chi connectivity index (χ2n) is 1.17. The van der Waals surface area contributed by atoms with Gasteiger partial charge in [0.1, 0.15) is 0 Å². The molecule has 0 fully saturated rings. The van der Waals surface area contributed by atoms with Crippen molar-refractivity contribution >= 4 is 11.9 Å². The molecule has 0 spiro atoms. The van der Waals surface area contributed by atoms with Crippen LogP contribution in [0.4, 0.5) is 0 Å². The predicted octanol–water partition coefficient (Wildman–Crippen LogP) is -0.401. The summed E-state index contributed by atoms with van der Waals surface area (Å²) in [5.74, 6) is -2.23. The van der Waals surface area contributed by atoms with Crippen molar-refractivity contribution in [1.82, 2.24) is 0 Å². The molecule has 0 saturated heterocycles. The van der Waals surface area contributed by atoms with Crippen LogP contribution in [0.15, 0.2) is 0 Å². The minimum absolute atomic E-state index is 1.03. The summed E-state index contributed by atoms with van der Waals surface area (Å²) < 4.78 is 36.2. The fourth-order valence-electron chi connectivity index (χ4n) is 0.0589. The second kappa shape index (κ2) is 8.90. The van der Waals surface area contributed by atoms with Gasteiger partial charge in [0, 0.05) is 9.11 Å². The Bertz CT molecular complexity index is 220. The van der Waals surface area contributed by atoms with Gasteiger partial charge in [-0.2, -0.15) is 0 Å². The van der Waals surface area contributed by atoms with Crippen LogP contribution in [-0.4, -0.2) is 30.7 Å². The number of hydrogen-bond acceptors (Lipinski definition) is 5. The third-order valence-corrected chi connectivity index (χ3v) is 0.507. The summed E-state index contributed by atoms with van der Waals surface area (Å²) in [5.41, 5.74) is 4.65. The Morgan fingerprint density at radius 3 is 2.36 bits per heavy atom. The second-order valence-corrected chi connectivity index (χ2v) is 1.17. The van der Waals surface area contributed by atoms with Crippen LogP contribution < -0.4 is 5.73 Å². The highest BCUT2D eigenvalue weighted by Crippen LogP contribution is 1.67. The van der Waals surface area contributed by atoms with E-state index >= 15 is 0 Å². The lowest BCUT2D eigenvalue weighted by atomic mass is 10.5. The first-order chi connectivity index (χ1) is 6.96. The van der Waals surface area contributed by atoms with Crippen molar-refractivity contribution < 1.29 is 24.9 Å². The number of carboxylic acids is 1. The fourth-order valence-corrected chi connectivity index (χ4v) is 0.0589. The maximum absolute atomic E-state index is 10.1. The van der Waals surface area contributed by atoms with Gasteiger partial charge in [-0.25, -0.2) is 0 Å². The molecule has 0 amide bonds. The van der Waals surface area contributed by atoms with Gasteiger partial charge in [0.25, 0.3) is 1.43 Å². The van der Waals surface area contributed by atoms with Crippen molar-refractivity contribution in [3.8, 4) is 0 Å². The Morgan fingerprint density at radius 1 is 1.82 bits per heavy atom. The number of methoxy groups -OCH3 is 1. The smallest absolute Gasteiger partial charge is 0.319 e. The molecule has 0 aliphatic carbocycles. The largest absolute Gasteiger partial charge is 0.481 e. The fraction of sp³-hybridized carbons (Fsp3) is 0.667. The topological polar surface area (TPSA) is 89.6 Å². The van der Waals surface area contributed by atoms with E-state index in [-0.39, 0.29) is 0 Å². The van der Waals surface area contributed by atoms with E-state index in [4.69, 9.17) is 6.91 Å². The van der Waals surface area contributed by atoms with Crippen molar-refractivity contribution in [3.63, 3.8) is 0 Å². The highest BCUT2D eigenvalue weighted by Gasteiger charge is 1.87. The van der Waals surface area contributed by atoms with Crippen LogP contribution in [0, 0.1) is 0 Å². The zero-order valence-electron chi connectivity index (χ0n) is 11.2. The lowest BCUT2D eigenvalue weighted by Gasteiger charge is -1.87. The van der Waals surface area contributed by atoms with Gasteiger partial charge < -0.3 is 15.6 Å². The molecule has 0 aromatic heterocycles. The van der Waals surface area contributed by atoms with E-state index in [2.05, 4.69) is 15.6 Å². The Kier molecular flexibility index (Phi) is 3.81. The molecule has 5 heteroatoms. The van der Waals surface area contributed by atoms with Crippen molar-refractivity contribution in [2.45, 2.75) is 13.3 Å². The first-order valence-corrected chi connectivity index (χ1v) is 2.51. The third-order valence-electron chi connectivity index (χ3n) is 0.507. The SMILES string of the molecule is [2H]C([2H])(N)C(=O)OC.[2H]OC(=O)C([2H])([2H])C. The molecule has 3 N–H and O–H groups in total. The van der Waals surface area contributed by atoms with E-state index in [0.717, 1.165) is 14.0 Å². The third kappa shape index (κ3) is 17.6. The highest BCUT2D eigenvalue weighted by molar-refractivity contribution is 5.71. The first-order valence-electron chi connectivity index (χ1n) is 4.92. The number of carbonyl (C=O) groups is 2. The summed E-state index contributed by atoms with van der Waals surface area (Å²) >= 11 is 0. The molecule has 0 aliphatic rings. The standard InChI is InChI=1S/C3H7NO2.C3H6O2/c1-6-3(5)2-4;1-2-3(4)5/h2,4H2,1H3;2H2,1H3,(H,4,5)/i2*2D2/hD. The molecule has 0 saturated carbocycles. The average Bonchev–Trinajstić information content (AvgIpc) is 2.13. The normalized spacial score (nSPS) is 16.5. The Balaban J connectivity index is 0. The van der Waals surface area contributed by atoms with Crippen molar-refractivity contribution in [2.24, 2.45) is 5.73 Å². The Hall–Kier alpha value is -1.10. The Morgan fingerprint density at radius 2 is 2.36 bits per heavy atom. The molecule has 0 heterocycles. The first kappa shape index (κ1) is 4.71. The minimum atomic E-state index is -2.35. The van der Waals surface area contributed by atoms with Gasteiger partial charge in [0.05, 0.1) is 16.3 Å². The van der Waals surface area contributed by atoms with E-state index in [1.807, 2.05) is 0 Å². The van der Waals surface area contributed by atoms with Crippen molar-refractivity contribution in [3.05, 3.63) is 0 Å². The van der Waals surface area contributed by atoms with Gasteiger partial charge in [-0.15, -0.1) is 0 Å². The maximum Gasteiger partial charge on any atom is 0.319 e. The van der Waals surface area contributed by atoms with Crippen LogP contribution in [0.5, 0.6) is 0 Å². The number of nitrogens with two attached hydrogens (primary N) is 1. The summed E-state index contributed by atoms with van der Waals surface area (Å²) in [7, 11) is 1.08. The molecule has 0 rings (SSSR count). The molecular weight excluding hydrogens is 150 g/mol. The van der Waals surface area contributed by atoms with E-state index in [1.165, 1.54) is 0 Å². The minimum Gasteiger partial charge on any atom is -0.481 e. The number of rotatable bonds is 2. The van der Waals surface area contributed by atoms with Gasteiger partial charge in [-0.3, -0.25) is 9.59 Å². The van der Waals surface area contributed by atoms with Gasteiger partial charge in [-0.05, 0) is 0 Å². The summed E-state index contributed by atoms with van der Waals surface area (Å²) in [5, 5.41) is 3.35. The quantitative estimate of drug-likeness (QED) is 0.547. The molecular formula is C6H13NO4. The van der Waals surface area contributed by atoms with E-state index < -0.39 is 24.8 Å². The molecule has 0 bridgehead atoms. The van der Waals surface area contributed by atoms with Crippen LogP contribution >= 0.6 is 0 Å². The van der Waals surface area contributed by atoms with Crippen LogP contribution in [0.2, 0.25) is 0 Å². The van der Waals surface area contributed by atoms with Gasteiger partial charge in [0.15, 0.2) is 0 Å². The van der Waals surface area contributed by atoms with Crippen LogP contribution in [0.25, 0.3) is 1.43 Å². The highest BCUT2D eigenvalue weighted by atomic mass is 16.5. The summed E-state index contributed by atoms with van der Waals surface area (Å²) in [6.45, 7) is -1.32. The zero-order chi connectivity index (χ0) is 13.6. The average molecular weight is 168 g/mol. The van der Waals surface area contributed by atoms with Crippen LogP contribution in [-0.2, 0) is 14.3 Å². The molecule has 11 heavy (non-hydrogen) atoms. The van der Waals surface area contributed by atoms with Crippen LogP contribution in [0.3, 0.4) is 0 Å². The molecule has 0 aliphatic heterocycles. The monoisotopic (exact) mass is 168 g/mol. The molecule has 0 atom stereocenters. The zero-order valence-corrected chi connectivity index (χ0v) is 6.21. The number of carboxylic acid groups (broad SMARTS) is 1. The lowest BCUT2D eigenvalue weighted by Crippen LogP contribution is -2.14. The molecule has 0 radical (unpaired) electrons. The number of ether oxygens (including phenoxy) is 1. The summed E-state index contributed by atoms with van der Waals surface area (Å²) in [4.78, 5) is 20.2. The lowest BCUT2D eigenvalue weighted by molar-refractivity contribution is -0.139. The van der Waals surface area contributed by atoms with Crippen molar-refractivity contribution in [1.29, 1.82) is 1.43 Å². The predicted molar refractivity (Wildman–Crippen MR) is 39.0 cm³/mol. The van der Waals surface area contributed by atoms with Gasteiger partial charge in [-0.1, -0.05) is 6.92 Å². The van der Waals surface area contributed by atoms with Crippen LogP contribution in [0.1, 0.15) is 18.8 Å². The number of aliphatic carboxylic acids is 1. The van der Waals surface area contributed by atoms with Gasteiger partial charge >= 0.3 is 11.9 Å². The number of hydrogen-bond donors (Lipinski definition) is 2. The number of esters is 1. The molecule has 0 aromatic carbocycles. The van der Waals surface area contributed by atoms with Crippen molar-refractivity contribution in [2.75, 3.05) is 13.6 Å². The molecule has 0 aromatic rings. The van der Waals surface area contributed by atoms with Gasteiger partial charge in [0.2, 0.25) is 0 Å². The summed E-state index contributed by atoms with van der Waals surface area (Å²) in [6.07, 6.45) is -2.04. The molecule has 5 nitrogen and oxygen atoms in total. The maximum atomic E-state index is 10.1. The molecule has 66 valence electrons. The van der Waals surface area contributed by atoms with E-state index in [9.17, 15) is 9.59 Å². The Labute approximate surface area is 72.3 Å². The number of carbonyl (C=O) groups excluding carboxylic acids is 1.